The van der Waals surface area contributed by atoms with Gasteiger partial charge in [-0.25, -0.2) is 4.79 Å². The molecule has 0 fully saturated rings. The Labute approximate surface area is 100 Å². The van der Waals surface area contributed by atoms with Crippen LogP contribution in [-0.2, 0) is 4.79 Å². The molecule has 0 aromatic rings. The Bertz CT molecular complexity index is 236. The molecule has 0 spiro atoms. The molecular weight excluding hydrogens is 228 g/mol. The van der Waals surface area contributed by atoms with Gasteiger partial charge in [0.2, 0.25) is 0 Å². The summed E-state index contributed by atoms with van der Waals surface area (Å²) in [5.74, 6) is -0.573. The van der Waals surface area contributed by atoms with Gasteiger partial charge in [-0.3, -0.25) is 0 Å². The van der Waals surface area contributed by atoms with Gasteiger partial charge in [0.05, 0.1) is 12.0 Å². The largest absolute Gasteiger partial charge is 0.548 e. The van der Waals surface area contributed by atoms with Crippen LogP contribution in [0.3, 0.4) is 0 Å². The van der Waals surface area contributed by atoms with Gasteiger partial charge in [0.1, 0.15) is 0 Å². The molecule has 0 bridgehead atoms. The predicted octanol–water partition coefficient (Wildman–Crippen LogP) is -0.0443. The number of thioether (sulfide) groups is 1. The van der Waals surface area contributed by atoms with Crippen LogP contribution in [-0.4, -0.2) is 36.1 Å². The van der Waals surface area contributed by atoms with E-state index in [9.17, 15) is 14.7 Å². The number of aliphatic carboxylic acids is 1. The topological polar surface area (TPSA) is 81.3 Å². The molecule has 0 radical (unpaired) electrons. The van der Waals surface area contributed by atoms with E-state index in [0.717, 1.165) is 6.42 Å². The summed E-state index contributed by atoms with van der Waals surface area (Å²) in [6.45, 7) is 3.80. The van der Waals surface area contributed by atoms with Crippen LogP contribution in [0.25, 0.3) is 0 Å². The van der Waals surface area contributed by atoms with Crippen molar-refractivity contribution in [3.05, 3.63) is 0 Å². The van der Waals surface area contributed by atoms with Gasteiger partial charge in [-0.15, -0.1) is 0 Å². The minimum absolute atomic E-state index is 0.0305. The van der Waals surface area contributed by atoms with Gasteiger partial charge in [0.25, 0.3) is 0 Å². The van der Waals surface area contributed by atoms with Gasteiger partial charge in [-0.05, 0) is 31.8 Å². The quantitative estimate of drug-likeness (QED) is 0.661. The lowest BCUT2D eigenvalue weighted by Gasteiger charge is -2.21. The second kappa shape index (κ2) is 8.27. The highest BCUT2D eigenvalue weighted by Crippen LogP contribution is 2.00. The van der Waals surface area contributed by atoms with E-state index in [4.69, 9.17) is 0 Å². The minimum Gasteiger partial charge on any atom is -0.548 e. The number of rotatable bonds is 7. The van der Waals surface area contributed by atoms with Crippen molar-refractivity contribution in [3.8, 4) is 0 Å². The van der Waals surface area contributed by atoms with E-state index in [-0.39, 0.29) is 6.04 Å². The summed E-state index contributed by atoms with van der Waals surface area (Å²) in [5, 5.41) is 15.8. The van der Waals surface area contributed by atoms with Crippen LogP contribution in [0.5, 0.6) is 0 Å². The third kappa shape index (κ3) is 6.55. The maximum atomic E-state index is 11.4. The molecule has 2 N–H and O–H groups in total. The first-order valence-electron chi connectivity index (χ1n) is 5.28. The number of carboxylic acid groups (broad SMARTS) is 1. The summed E-state index contributed by atoms with van der Waals surface area (Å²) in [5.41, 5.74) is 0. The number of carbonyl (C=O) groups excluding carboxylic acids is 2. The van der Waals surface area contributed by atoms with Crippen molar-refractivity contribution in [1.82, 2.24) is 10.6 Å². The van der Waals surface area contributed by atoms with Crippen LogP contribution >= 0.6 is 11.8 Å². The Hall–Kier alpha value is -0.910. The number of urea groups is 1. The summed E-state index contributed by atoms with van der Waals surface area (Å²) < 4.78 is 0. The molecule has 2 atom stereocenters. The third-order valence-electron chi connectivity index (χ3n) is 2.19. The lowest BCUT2D eigenvalue weighted by Crippen LogP contribution is -2.52. The second-order valence-corrected chi connectivity index (χ2v) is 4.57. The fourth-order valence-electron chi connectivity index (χ4n) is 1.01. The Balaban J connectivity index is 4.07. The summed E-state index contributed by atoms with van der Waals surface area (Å²) in [6, 6.07) is -1.34. The second-order valence-electron chi connectivity index (χ2n) is 3.58. The Morgan fingerprint density at radius 3 is 2.44 bits per heavy atom. The Morgan fingerprint density at radius 1 is 1.38 bits per heavy atom. The lowest BCUT2D eigenvalue weighted by atomic mass is 10.2. The number of carboxylic acids is 1. The molecule has 0 aliphatic rings. The number of hydrogen-bond donors (Lipinski definition) is 2. The molecule has 0 aliphatic carbocycles. The molecule has 0 unspecified atom stereocenters. The fraction of sp³-hybridized carbons (Fsp3) is 0.800. The SMILES string of the molecule is CC[C@H](C)NC(=O)N[C@@H](CCSC)C(=O)[O-]. The van der Waals surface area contributed by atoms with Gasteiger partial charge in [-0.2, -0.15) is 11.8 Å². The van der Waals surface area contributed by atoms with Crippen molar-refractivity contribution >= 4 is 23.8 Å². The molecule has 6 heteroatoms. The van der Waals surface area contributed by atoms with Gasteiger partial charge in [-0.1, -0.05) is 6.92 Å². The molecule has 0 heterocycles. The average Bonchev–Trinajstić information content (AvgIpc) is 2.23. The zero-order chi connectivity index (χ0) is 12.6. The maximum Gasteiger partial charge on any atom is 0.315 e. The van der Waals surface area contributed by atoms with Crippen LogP contribution in [0, 0.1) is 0 Å². The van der Waals surface area contributed by atoms with E-state index in [1.807, 2.05) is 20.1 Å². The summed E-state index contributed by atoms with van der Waals surface area (Å²) in [4.78, 5) is 22.1. The monoisotopic (exact) mass is 247 g/mol. The lowest BCUT2D eigenvalue weighted by molar-refractivity contribution is -0.308. The summed E-state index contributed by atoms with van der Waals surface area (Å²) in [6.07, 6.45) is 3.05. The highest BCUT2D eigenvalue weighted by Gasteiger charge is 2.13. The van der Waals surface area contributed by atoms with Crippen LogP contribution < -0.4 is 15.7 Å². The maximum absolute atomic E-state index is 11.4. The van der Waals surface area contributed by atoms with E-state index < -0.39 is 18.0 Å². The van der Waals surface area contributed by atoms with E-state index in [1.54, 1.807) is 0 Å². The molecule has 5 nitrogen and oxygen atoms in total. The van der Waals surface area contributed by atoms with Crippen LogP contribution in [0.1, 0.15) is 26.7 Å². The molecule has 0 saturated carbocycles. The first-order chi connectivity index (χ1) is 7.51. The molecular formula is C10H19N2O3S-. The highest BCUT2D eigenvalue weighted by atomic mass is 32.2. The van der Waals surface area contributed by atoms with Crippen LogP contribution in [0.2, 0.25) is 0 Å². The van der Waals surface area contributed by atoms with Crippen LogP contribution in [0.4, 0.5) is 4.79 Å². The number of nitrogens with one attached hydrogen (secondary N) is 2. The van der Waals surface area contributed by atoms with Gasteiger partial charge in [0.15, 0.2) is 0 Å². The summed E-state index contributed by atoms with van der Waals surface area (Å²) >= 11 is 1.53. The highest BCUT2D eigenvalue weighted by molar-refractivity contribution is 7.98. The van der Waals surface area contributed by atoms with Crippen molar-refractivity contribution in [1.29, 1.82) is 0 Å². The van der Waals surface area contributed by atoms with Crippen LogP contribution in [0.15, 0.2) is 0 Å². The standard InChI is InChI=1S/C10H20N2O3S/c1-4-7(2)11-10(15)12-8(9(13)14)5-6-16-3/h7-8H,4-6H2,1-3H3,(H,13,14)(H2,11,12,15)/p-1/t7-,8-/m0/s1. The normalized spacial score (nSPS) is 13.9. The van der Waals surface area contributed by atoms with Crippen molar-refractivity contribution in [2.45, 2.75) is 38.8 Å². The van der Waals surface area contributed by atoms with E-state index in [0.29, 0.717) is 12.2 Å². The smallest absolute Gasteiger partial charge is 0.315 e. The number of amides is 2. The molecule has 0 aromatic carbocycles. The Morgan fingerprint density at radius 2 is 2.00 bits per heavy atom. The van der Waals surface area contributed by atoms with Crippen molar-refractivity contribution in [2.75, 3.05) is 12.0 Å². The number of carbonyl (C=O) groups is 2. The first-order valence-corrected chi connectivity index (χ1v) is 6.67. The van der Waals surface area contributed by atoms with Crippen molar-refractivity contribution < 1.29 is 14.7 Å². The minimum atomic E-state index is -1.24. The van der Waals surface area contributed by atoms with E-state index >= 15 is 0 Å². The first kappa shape index (κ1) is 15.1. The molecule has 0 aliphatic heterocycles. The van der Waals surface area contributed by atoms with Gasteiger partial charge in [0, 0.05) is 6.04 Å². The zero-order valence-corrected chi connectivity index (χ0v) is 10.7. The molecule has 0 saturated heterocycles. The molecule has 0 aromatic heterocycles. The fourth-order valence-corrected chi connectivity index (χ4v) is 1.48. The zero-order valence-electron chi connectivity index (χ0n) is 9.91. The van der Waals surface area contributed by atoms with Crippen molar-refractivity contribution in [3.63, 3.8) is 0 Å². The van der Waals surface area contributed by atoms with Crippen molar-refractivity contribution in [2.24, 2.45) is 0 Å². The van der Waals surface area contributed by atoms with Gasteiger partial charge < -0.3 is 20.5 Å². The summed E-state index contributed by atoms with van der Waals surface area (Å²) in [7, 11) is 0. The molecule has 94 valence electrons. The molecule has 2 amide bonds. The van der Waals surface area contributed by atoms with Gasteiger partial charge >= 0.3 is 6.03 Å². The number of hydrogen-bond acceptors (Lipinski definition) is 4. The average molecular weight is 247 g/mol. The molecule has 16 heavy (non-hydrogen) atoms. The Kier molecular flexibility index (Phi) is 7.80. The predicted molar refractivity (Wildman–Crippen MR) is 63.2 cm³/mol. The van der Waals surface area contributed by atoms with E-state index in [1.165, 1.54) is 11.8 Å². The third-order valence-corrected chi connectivity index (χ3v) is 2.83. The van der Waals surface area contributed by atoms with E-state index in [2.05, 4.69) is 10.6 Å². The molecule has 0 rings (SSSR count).